The molecular formula is C25H24N4O3. The number of carbonyl (C=O) groups excluding carboxylic acids is 1. The normalized spacial score (nSPS) is 11.9. The number of carbonyl (C=O) groups is 1. The summed E-state index contributed by atoms with van der Waals surface area (Å²) in [7, 11) is 0. The fourth-order valence-corrected chi connectivity index (χ4v) is 3.84. The van der Waals surface area contributed by atoms with Gasteiger partial charge in [0.05, 0.1) is 17.1 Å². The summed E-state index contributed by atoms with van der Waals surface area (Å²) in [5.41, 5.74) is 6.41. The molecule has 0 fully saturated rings. The van der Waals surface area contributed by atoms with Crippen molar-refractivity contribution in [3.05, 3.63) is 93.4 Å². The van der Waals surface area contributed by atoms with Gasteiger partial charge in [-0.15, -0.1) is 0 Å². The van der Waals surface area contributed by atoms with Gasteiger partial charge in [-0.05, 0) is 44.5 Å². The van der Waals surface area contributed by atoms with E-state index in [0.717, 1.165) is 16.7 Å². The average molecular weight is 428 g/mol. The predicted octanol–water partition coefficient (Wildman–Crippen LogP) is 4.25. The lowest BCUT2D eigenvalue weighted by atomic mass is 9.98. The summed E-state index contributed by atoms with van der Waals surface area (Å²) in [6.45, 7) is 5.66. The number of hydrogen-bond acceptors (Lipinski definition) is 6. The molecule has 0 spiro atoms. The lowest BCUT2D eigenvalue weighted by Crippen LogP contribution is -2.31. The summed E-state index contributed by atoms with van der Waals surface area (Å²) < 4.78 is 6.35. The highest BCUT2D eigenvalue weighted by Gasteiger charge is 2.20. The van der Waals surface area contributed by atoms with Crippen LogP contribution in [0.4, 0.5) is 5.69 Å². The van der Waals surface area contributed by atoms with Crippen molar-refractivity contribution < 1.29 is 9.21 Å². The van der Waals surface area contributed by atoms with Crippen molar-refractivity contribution in [2.24, 2.45) is 5.84 Å². The maximum absolute atomic E-state index is 13.2. The van der Waals surface area contributed by atoms with Crippen LogP contribution in [0.25, 0.3) is 22.3 Å². The molecule has 7 heteroatoms. The fraction of sp³-hybridized carbons (Fsp3) is 0.160. The second-order valence-electron chi connectivity index (χ2n) is 7.72. The second kappa shape index (κ2) is 8.64. The molecule has 0 aliphatic rings. The smallest absolute Gasteiger partial charge is 0.285 e. The molecule has 1 unspecified atom stereocenters. The zero-order chi connectivity index (χ0) is 22.8. The third-order valence-electron chi connectivity index (χ3n) is 5.42. The largest absolute Gasteiger partial charge is 0.455 e. The second-order valence-corrected chi connectivity index (χ2v) is 7.72. The summed E-state index contributed by atoms with van der Waals surface area (Å²) in [4.78, 5) is 29.5. The average Bonchev–Trinajstić information content (AvgIpc) is 2.81. The number of aryl methyl sites for hydroxylation is 1. The third kappa shape index (κ3) is 3.86. The van der Waals surface area contributed by atoms with Gasteiger partial charge in [0.25, 0.3) is 5.91 Å². The minimum absolute atomic E-state index is 0.0631. The maximum Gasteiger partial charge on any atom is 0.285 e. The molecular weight excluding hydrogens is 404 g/mol. The summed E-state index contributed by atoms with van der Waals surface area (Å²) >= 11 is 0. The molecule has 2 aromatic carbocycles. The molecule has 0 bridgehead atoms. The number of nitrogens with two attached hydrogens (primary N) is 1. The fourth-order valence-electron chi connectivity index (χ4n) is 3.84. The zero-order valence-corrected chi connectivity index (χ0v) is 18.1. The number of fused-ring (bicyclic) bond motifs is 1. The summed E-state index contributed by atoms with van der Waals surface area (Å²) in [5, 5.41) is 3.84. The van der Waals surface area contributed by atoms with Gasteiger partial charge in [-0.2, -0.15) is 0 Å². The van der Waals surface area contributed by atoms with E-state index >= 15 is 0 Å². The molecule has 0 saturated carbocycles. The molecule has 2 aromatic heterocycles. The van der Waals surface area contributed by atoms with Crippen LogP contribution in [0.2, 0.25) is 0 Å². The van der Waals surface area contributed by atoms with Crippen LogP contribution in [-0.4, -0.2) is 10.9 Å². The molecule has 0 aliphatic heterocycles. The van der Waals surface area contributed by atoms with Crippen LogP contribution in [0, 0.1) is 13.8 Å². The van der Waals surface area contributed by atoms with E-state index in [4.69, 9.17) is 10.3 Å². The van der Waals surface area contributed by atoms with Crippen LogP contribution in [0.15, 0.2) is 70.0 Å². The first-order valence-corrected chi connectivity index (χ1v) is 10.3. The molecule has 2 heterocycles. The number of hydrogen-bond donors (Lipinski definition) is 3. The van der Waals surface area contributed by atoms with Crippen molar-refractivity contribution in [2.75, 3.05) is 5.32 Å². The summed E-state index contributed by atoms with van der Waals surface area (Å²) in [6, 6.07) is 16.6. The van der Waals surface area contributed by atoms with E-state index in [1.165, 1.54) is 6.20 Å². The first-order chi connectivity index (χ1) is 15.4. The van der Waals surface area contributed by atoms with Gasteiger partial charge in [0.15, 0.2) is 11.1 Å². The first kappa shape index (κ1) is 21.3. The number of rotatable bonds is 5. The van der Waals surface area contributed by atoms with Gasteiger partial charge >= 0.3 is 0 Å². The molecule has 0 aliphatic carbocycles. The number of amides is 1. The molecule has 1 amide bonds. The van der Waals surface area contributed by atoms with Crippen LogP contribution < -0.4 is 22.0 Å². The van der Waals surface area contributed by atoms with Crippen LogP contribution in [0.1, 0.15) is 40.1 Å². The first-order valence-electron chi connectivity index (χ1n) is 10.3. The van der Waals surface area contributed by atoms with E-state index in [9.17, 15) is 9.59 Å². The number of aromatic nitrogens is 1. The Morgan fingerprint density at radius 1 is 1.09 bits per heavy atom. The number of nitrogen functional groups attached to an aromatic ring is 1. The summed E-state index contributed by atoms with van der Waals surface area (Å²) in [6.07, 6.45) is 1.52. The van der Waals surface area contributed by atoms with Crippen LogP contribution >= 0.6 is 0 Å². The van der Waals surface area contributed by atoms with Gasteiger partial charge in [0.2, 0.25) is 0 Å². The van der Waals surface area contributed by atoms with Crippen molar-refractivity contribution >= 4 is 22.6 Å². The van der Waals surface area contributed by atoms with Crippen molar-refractivity contribution in [3.63, 3.8) is 0 Å². The van der Waals surface area contributed by atoms with E-state index in [1.54, 1.807) is 19.1 Å². The van der Waals surface area contributed by atoms with Crippen molar-refractivity contribution in [2.45, 2.75) is 26.8 Å². The van der Waals surface area contributed by atoms with Gasteiger partial charge in [-0.3, -0.25) is 15.0 Å². The van der Waals surface area contributed by atoms with Gasteiger partial charge in [0, 0.05) is 22.9 Å². The minimum atomic E-state index is -0.497. The van der Waals surface area contributed by atoms with E-state index in [1.807, 2.05) is 56.3 Å². The van der Waals surface area contributed by atoms with E-state index in [2.05, 4.69) is 15.7 Å². The number of benzene rings is 2. The molecule has 4 aromatic rings. The van der Waals surface area contributed by atoms with Crippen LogP contribution in [-0.2, 0) is 0 Å². The highest BCUT2D eigenvalue weighted by molar-refractivity contribution is 5.97. The van der Waals surface area contributed by atoms with Crippen LogP contribution in [0.3, 0.4) is 0 Å². The Hall–Kier alpha value is -3.97. The quantitative estimate of drug-likeness (QED) is 0.249. The van der Waals surface area contributed by atoms with Gasteiger partial charge < -0.3 is 9.73 Å². The molecule has 7 nitrogen and oxygen atoms in total. The SMILES string of the molecule is Cc1cc(C(C)Nc2cccnc2C(=O)NN)c2oc(-c3ccccc3)c(C)c(=O)c2c1. The molecule has 162 valence electrons. The lowest BCUT2D eigenvalue weighted by molar-refractivity contribution is 0.0949. The number of pyridine rings is 1. The number of hydrazine groups is 1. The van der Waals surface area contributed by atoms with E-state index in [-0.39, 0.29) is 17.2 Å². The van der Waals surface area contributed by atoms with Gasteiger partial charge in [0.1, 0.15) is 11.3 Å². The van der Waals surface area contributed by atoms with Gasteiger partial charge in [-0.25, -0.2) is 10.8 Å². The maximum atomic E-state index is 13.2. The Balaban J connectivity index is 1.87. The minimum Gasteiger partial charge on any atom is -0.455 e. The number of nitrogens with zero attached hydrogens (tertiary/aromatic N) is 1. The lowest BCUT2D eigenvalue weighted by Gasteiger charge is -2.20. The number of anilines is 1. The molecule has 32 heavy (non-hydrogen) atoms. The monoisotopic (exact) mass is 428 g/mol. The van der Waals surface area contributed by atoms with Gasteiger partial charge in [-0.1, -0.05) is 36.4 Å². The Morgan fingerprint density at radius 2 is 1.84 bits per heavy atom. The predicted molar refractivity (Wildman–Crippen MR) is 125 cm³/mol. The molecule has 0 saturated heterocycles. The Bertz CT molecular complexity index is 1360. The van der Waals surface area contributed by atoms with Crippen LogP contribution in [0.5, 0.6) is 0 Å². The van der Waals surface area contributed by atoms with Crippen molar-refractivity contribution in [1.82, 2.24) is 10.4 Å². The molecule has 0 radical (unpaired) electrons. The standard InChI is InChI=1S/C25H24N4O3/c1-14-12-18(16(3)28-20-10-7-11-27-21(20)25(31)29-26)24-19(13-14)22(30)15(2)23(32-24)17-8-5-4-6-9-17/h4-13,16,28H,26H2,1-3H3,(H,29,31). The van der Waals surface area contributed by atoms with E-state index < -0.39 is 5.91 Å². The molecule has 4 N–H and O–H groups in total. The Labute approximate surface area is 185 Å². The zero-order valence-electron chi connectivity index (χ0n) is 18.1. The van der Waals surface area contributed by atoms with E-state index in [0.29, 0.717) is 28.0 Å². The highest BCUT2D eigenvalue weighted by atomic mass is 16.3. The Morgan fingerprint density at radius 3 is 2.56 bits per heavy atom. The van der Waals surface area contributed by atoms with Crippen molar-refractivity contribution in [3.8, 4) is 11.3 Å². The highest BCUT2D eigenvalue weighted by Crippen LogP contribution is 2.32. The third-order valence-corrected chi connectivity index (χ3v) is 5.42. The van der Waals surface area contributed by atoms with Crippen molar-refractivity contribution in [1.29, 1.82) is 0 Å². The number of nitrogens with one attached hydrogen (secondary N) is 2. The topological polar surface area (TPSA) is 110 Å². The molecule has 4 rings (SSSR count). The summed E-state index contributed by atoms with van der Waals surface area (Å²) in [5.74, 6) is 5.34. The Kier molecular flexibility index (Phi) is 5.75. The molecule has 1 atom stereocenters.